The molecule has 1 atom stereocenters. The fourth-order valence-electron chi connectivity index (χ4n) is 5.14. The summed E-state index contributed by atoms with van der Waals surface area (Å²) in [7, 11) is 2.16. The molecule has 1 aromatic rings. The van der Waals surface area contributed by atoms with Crippen LogP contribution in [0.1, 0.15) is 142 Å². The van der Waals surface area contributed by atoms with Crippen LogP contribution in [-0.2, 0) is 9.53 Å². The Labute approximate surface area is 249 Å². The van der Waals surface area contributed by atoms with Crippen molar-refractivity contribution in [3.8, 4) is 5.88 Å². The van der Waals surface area contributed by atoms with Gasteiger partial charge in [0.25, 0.3) is 5.88 Å². The first-order chi connectivity index (χ1) is 18.6. The van der Waals surface area contributed by atoms with Crippen molar-refractivity contribution in [2.75, 3.05) is 33.5 Å². The van der Waals surface area contributed by atoms with Crippen LogP contribution in [0.3, 0.4) is 0 Å². The summed E-state index contributed by atoms with van der Waals surface area (Å²) in [6.07, 6.45) is 25.5. The first kappa shape index (κ1) is 35.8. The van der Waals surface area contributed by atoms with Gasteiger partial charge in [-0.15, -0.1) is 4.37 Å². The quantitative estimate of drug-likeness (QED) is 0.0934. The van der Waals surface area contributed by atoms with E-state index >= 15 is 0 Å². The average molecular weight is 586 g/mol. The topological polar surface area (TPSA) is 61.3 Å². The van der Waals surface area contributed by atoms with E-state index in [1.165, 1.54) is 102 Å². The maximum absolute atomic E-state index is 12.4. The van der Waals surface area contributed by atoms with Gasteiger partial charge in [0.1, 0.15) is 12.2 Å². The Bertz CT molecular complexity index is 789. The van der Waals surface area contributed by atoms with Crippen LogP contribution >= 0.6 is 11.7 Å². The molecule has 39 heavy (non-hydrogen) atoms. The number of quaternary nitrogens is 1. The summed E-state index contributed by atoms with van der Waals surface area (Å²) in [5, 5.41) is 0. The van der Waals surface area contributed by atoms with Crippen molar-refractivity contribution in [3.05, 3.63) is 11.8 Å². The van der Waals surface area contributed by atoms with Gasteiger partial charge in [0.2, 0.25) is 6.73 Å². The first-order valence-corrected chi connectivity index (χ1v) is 16.4. The zero-order valence-electron chi connectivity index (χ0n) is 25.2. The zero-order valence-corrected chi connectivity index (χ0v) is 26.8. The van der Waals surface area contributed by atoms with Gasteiger partial charge in [-0.2, -0.15) is 4.37 Å². The lowest BCUT2D eigenvalue weighted by molar-refractivity contribution is -0.919. The summed E-state index contributed by atoms with van der Waals surface area (Å²) in [5.74, 6) is 0.598. The van der Waals surface area contributed by atoms with Gasteiger partial charge in [-0.25, -0.2) is 0 Å². The molecule has 0 aliphatic carbocycles. The van der Waals surface area contributed by atoms with Crippen molar-refractivity contribution >= 4 is 23.3 Å². The number of esters is 1. The Hall–Kier alpha value is -1.18. The standard InChI is InChI=1S/C31H56N3O3S.ClH/c1-4-6-8-10-11-12-13-14-15-16-17-18-19-23-29(35)37-27-34(3)24-21-22-28(26-34)30-31(33-38-32-30)36-25-20-9-7-5-2;/h22H,4-21,23-27H2,1-3H3;1H/q+1;/p-1. The molecule has 0 saturated heterocycles. The molecule has 0 spiro atoms. The van der Waals surface area contributed by atoms with Crippen LogP contribution in [0.25, 0.3) is 5.57 Å². The fraction of sp³-hybridized carbons (Fsp3) is 0.839. The van der Waals surface area contributed by atoms with Gasteiger partial charge < -0.3 is 21.9 Å². The molecule has 0 saturated carbocycles. The molecule has 0 radical (unpaired) electrons. The van der Waals surface area contributed by atoms with Crippen molar-refractivity contribution in [2.45, 2.75) is 136 Å². The maximum atomic E-state index is 12.4. The largest absolute Gasteiger partial charge is 1.00 e. The van der Waals surface area contributed by atoms with Crippen LogP contribution in [0.5, 0.6) is 5.88 Å². The number of nitrogens with zero attached hydrogens (tertiary/aromatic N) is 3. The Morgan fingerprint density at radius 1 is 0.846 bits per heavy atom. The van der Waals surface area contributed by atoms with Gasteiger partial charge in [-0.1, -0.05) is 116 Å². The molecule has 1 aliphatic heterocycles. The third kappa shape index (κ3) is 16.0. The van der Waals surface area contributed by atoms with E-state index in [0.717, 1.165) is 50.0 Å². The molecule has 1 aromatic heterocycles. The molecule has 1 aliphatic rings. The number of carbonyl (C=O) groups is 1. The molecule has 0 bridgehead atoms. The van der Waals surface area contributed by atoms with Crippen molar-refractivity contribution in [1.82, 2.24) is 8.75 Å². The molecular formula is C31H56ClN3O3S. The van der Waals surface area contributed by atoms with Crippen molar-refractivity contribution < 1.29 is 31.2 Å². The molecule has 8 heteroatoms. The van der Waals surface area contributed by atoms with E-state index in [-0.39, 0.29) is 18.4 Å². The predicted molar refractivity (Wildman–Crippen MR) is 159 cm³/mol. The third-order valence-electron chi connectivity index (χ3n) is 7.63. The highest BCUT2D eigenvalue weighted by Gasteiger charge is 2.31. The van der Waals surface area contributed by atoms with Gasteiger partial charge >= 0.3 is 5.97 Å². The number of hydrogen-bond donors (Lipinski definition) is 0. The molecule has 1 unspecified atom stereocenters. The minimum absolute atomic E-state index is 0. The summed E-state index contributed by atoms with van der Waals surface area (Å²) in [6.45, 7) is 7.33. The Morgan fingerprint density at radius 2 is 1.41 bits per heavy atom. The minimum atomic E-state index is -0.0602. The highest BCUT2D eigenvalue weighted by atomic mass is 35.5. The second-order valence-corrected chi connectivity index (χ2v) is 12.0. The summed E-state index contributed by atoms with van der Waals surface area (Å²) in [5.41, 5.74) is 2.02. The summed E-state index contributed by atoms with van der Waals surface area (Å²) in [6, 6.07) is 0. The number of unbranched alkanes of at least 4 members (excludes halogenated alkanes) is 15. The van der Waals surface area contributed by atoms with E-state index in [0.29, 0.717) is 30.1 Å². The van der Waals surface area contributed by atoms with E-state index in [1.54, 1.807) is 0 Å². The van der Waals surface area contributed by atoms with Crippen molar-refractivity contribution in [2.24, 2.45) is 0 Å². The molecule has 6 nitrogen and oxygen atoms in total. The Balaban J connectivity index is 0.00000760. The lowest BCUT2D eigenvalue weighted by Gasteiger charge is -2.36. The molecular weight excluding hydrogens is 530 g/mol. The average Bonchev–Trinajstić information content (AvgIpc) is 3.39. The molecule has 0 aromatic carbocycles. The maximum Gasteiger partial charge on any atom is 0.310 e. The van der Waals surface area contributed by atoms with E-state index < -0.39 is 0 Å². The van der Waals surface area contributed by atoms with Crippen molar-refractivity contribution in [1.29, 1.82) is 0 Å². The van der Waals surface area contributed by atoms with Gasteiger partial charge in [0.05, 0.1) is 31.9 Å². The Kier molecular flexibility index (Phi) is 20.7. The fourth-order valence-corrected chi connectivity index (χ4v) is 5.67. The van der Waals surface area contributed by atoms with Gasteiger partial charge in [0.15, 0.2) is 0 Å². The highest BCUT2D eigenvalue weighted by molar-refractivity contribution is 6.99. The normalized spacial score (nSPS) is 16.9. The van der Waals surface area contributed by atoms with E-state index in [1.807, 2.05) is 0 Å². The Morgan fingerprint density at radius 3 is 2.03 bits per heavy atom. The zero-order chi connectivity index (χ0) is 27.3. The molecule has 2 rings (SSSR count). The number of halogens is 1. The van der Waals surface area contributed by atoms with Gasteiger partial charge in [0, 0.05) is 18.4 Å². The first-order valence-electron chi connectivity index (χ1n) is 15.7. The summed E-state index contributed by atoms with van der Waals surface area (Å²) >= 11 is 1.21. The van der Waals surface area contributed by atoms with Crippen LogP contribution in [0.15, 0.2) is 6.08 Å². The number of likely N-dealkylation sites (N-methyl/N-ethyl adjacent to an activating group) is 1. The highest BCUT2D eigenvalue weighted by Crippen LogP contribution is 2.30. The van der Waals surface area contributed by atoms with E-state index in [9.17, 15) is 4.79 Å². The summed E-state index contributed by atoms with van der Waals surface area (Å²) in [4.78, 5) is 12.4. The van der Waals surface area contributed by atoms with Crippen molar-refractivity contribution in [3.63, 3.8) is 0 Å². The number of rotatable bonds is 23. The molecule has 2 heterocycles. The monoisotopic (exact) mass is 585 g/mol. The number of aromatic nitrogens is 2. The summed E-state index contributed by atoms with van der Waals surface area (Å²) < 4.78 is 21.3. The van der Waals surface area contributed by atoms with Crippen LogP contribution in [0.2, 0.25) is 0 Å². The predicted octanol–water partition coefficient (Wildman–Crippen LogP) is 5.72. The lowest BCUT2D eigenvalue weighted by Crippen LogP contribution is -3.00. The van der Waals surface area contributed by atoms with Gasteiger partial charge in [-0.3, -0.25) is 9.28 Å². The van der Waals surface area contributed by atoms with E-state index in [2.05, 4.69) is 35.7 Å². The second kappa shape index (κ2) is 22.5. The minimum Gasteiger partial charge on any atom is -1.00 e. The van der Waals surface area contributed by atoms with E-state index in [4.69, 9.17) is 9.47 Å². The van der Waals surface area contributed by atoms with Crippen LogP contribution in [0.4, 0.5) is 0 Å². The van der Waals surface area contributed by atoms with Crippen LogP contribution in [-0.4, -0.2) is 52.7 Å². The second-order valence-electron chi connectivity index (χ2n) is 11.5. The van der Waals surface area contributed by atoms with Crippen LogP contribution in [0, 0.1) is 0 Å². The number of carbonyl (C=O) groups excluding carboxylic acids is 1. The number of hydrogen-bond acceptors (Lipinski definition) is 6. The smallest absolute Gasteiger partial charge is 0.310 e. The molecule has 226 valence electrons. The third-order valence-corrected chi connectivity index (χ3v) is 8.14. The molecule has 0 N–H and O–H groups in total. The lowest BCUT2D eigenvalue weighted by atomic mass is 10.0. The van der Waals surface area contributed by atoms with Crippen LogP contribution < -0.4 is 17.1 Å². The number of ether oxygens (including phenoxy) is 2. The SMILES string of the molecule is CCCCCCCCCCCCCCCC(=O)OC[N+]1(C)CCC=C(c2nsnc2OCCCCCC)C1.[Cl-]. The molecule has 0 amide bonds. The molecule has 0 fully saturated rings. The van der Waals surface area contributed by atoms with Gasteiger partial charge in [-0.05, 0) is 12.8 Å².